The first-order chi connectivity index (χ1) is 25.1. The number of nitrogens with zero attached hydrogens (tertiary/aromatic N) is 3. The van der Waals surface area contributed by atoms with Crippen LogP contribution in [-0.4, -0.2) is 150 Å². The minimum Gasteiger partial charge on any atom is -0.478 e. The summed E-state index contributed by atoms with van der Waals surface area (Å²) in [5.74, 6) is -5.07. The quantitative estimate of drug-likeness (QED) is 0.0803. The van der Waals surface area contributed by atoms with Gasteiger partial charge in [0.1, 0.15) is 24.6 Å². The first kappa shape index (κ1) is 41.7. The maximum atomic E-state index is 13.5. The van der Waals surface area contributed by atoms with E-state index in [0.717, 1.165) is 17.9 Å². The van der Waals surface area contributed by atoms with Gasteiger partial charge in [0.15, 0.2) is 12.5 Å². The zero-order valence-corrected chi connectivity index (χ0v) is 30.0. The number of carboxylic acid groups (broad SMARTS) is 1. The Balaban J connectivity index is 1.67. The maximum absolute atomic E-state index is 13.5. The van der Waals surface area contributed by atoms with Crippen molar-refractivity contribution in [3.8, 4) is 0 Å². The number of aliphatic carboxylic acids is 1. The van der Waals surface area contributed by atoms with E-state index in [4.69, 9.17) is 18.9 Å². The normalized spacial score (nSPS) is 32.8. The number of rotatable bonds is 15. The number of aliphatic hydroxyl groups is 4. The number of hydrogen-bond donors (Lipinski definition) is 9. The lowest BCUT2D eigenvalue weighted by atomic mass is 9.85. The number of ether oxygens (including phenoxy) is 4. The molecule has 3 aliphatic rings. The molecule has 0 spiro atoms. The van der Waals surface area contributed by atoms with Crippen LogP contribution < -0.4 is 21.3 Å². The molecule has 0 saturated carbocycles. The van der Waals surface area contributed by atoms with Crippen LogP contribution in [0.25, 0.3) is 0 Å². The van der Waals surface area contributed by atoms with Crippen LogP contribution in [0.5, 0.6) is 0 Å². The number of carbonyl (C=O) groups is 5. The Morgan fingerprint density at radius 3 is 2.25 bits per heavy atom. The lowest BCUT2D eigenvalue weighted by Gasteiger charge is -2.48. The van der Waals surface area contributed by atoms with Crippen LogP contribution in [0.4, 0.5) is 0 Å². The summed E-state index contributed by atoms with van der Waals surface area (Å²) in [5, 5.41) is 66.4. The number of amides is 3. The van der Waals surface area contributed by atoms with Gasteiger partial charge in [-0.25, -0.2) is 19.3 Å². The van der Waals surface area contributed by atoms with Gasteiger partial charge in [0.25, 0.3) is 5.91 Å². The minimum absolute atomic E-state index is 0.0498. The summed E-state index contributed by atoms with van der Waals surface area (Å²) in [6.45, 7) is 7.25. The Morgan fingerprint density at radius 1 is 1.02 bits per heavy atom. The standard InChI is InChI=1S/C32H49N7O14/c1-6-17(7-2)51-20-10-16(30(47)50-8-3)9-18(22(20)34-14(4)41)37-32(31(48)49)11-19(43)23(35-15(5)42)28(53-32)36-27(46)26-33-13-39(38-26)29-25(45)24(44)21(12-40)52-29/h10,13,17-25,28-29,37,40,43-45H,6-9,11-12H2,1-5H3,(H,34,41)(H,35,42)(H,36,46)(H,48,49)/t18?,19?,20?,21-,22?,23?,24+,25+,28?,29-,32?/m1/s1. The third kappa shape index (κ3) is 9.54. The van der Waals surface area contributed by atoms with Gasteiger partial charge in [0.05, 0.1) is 43.6 Å². The smallest absolute Gasteiger partial charge is 0.351 e. The average Bonchev–Trinajstić information content (AvgIpc) is 3.70. The number of aliphatic hydroxyl groups excluding tert-OH is 4. The number of carboxylic acids is 1. The molecule has 3 heterocycles. The summed E-state index contributed by atoms with van der Waals surface area (Å²) in [6, 6.07) is -3.45. The Bertz CT molecular complexity index is 1520. The molecule has 3 amide bonds. The van der Waals surface area contributed by atoms with Crippen LogP contribution in [0.15, 0.2) is 18.0 Å². The van der Waals surface area contributed by atoms with Gasteiger partial charge in [-0.15, -0.1) is 5.10 Å². The molecule has 1 aliphatic carbocycles. The number of esters is 1. The van der Waals surface area contributed by atoms with Gasteiger partial charge in [-0.05, 0) is 32.3 Å². The van der Waals surface area contributed by atoms with Crippen molar-refractivity contribution in [2.45, 2.75) is 133 Å². The topological polar surface area (TPSA) is 302 Å². The lowest BCUT2D eigenvalue weighted by Crippen LogP contribution is -2.74. The van der Waals surface area contributed by atoms with Gasteiger partial charge < -0.3 is 60.4 Å². The van der Waals surface area contributed by atoms with E-state index in [1.165, 1.54) is 13.0 Å². The van der Waals surface area contributed by atoms with E-state index in [9.17, 15) is 49.5 Å². The Kier molecular flexibility index (Phi) is 14.0. The van der Waals surface area contributed by atoms with E-state index in [1.807, 2.05) is 13.8 Å². The molecule has 2 saturated heterocycles. The van der Waals surface area contributed by atoms with Gasteiger partial charge >= 0.3 is 11.9 Å². The van der Waals surface area contributed by atoms with Gasteiger partial charge in [-0.3, -0.25) is 19.7 Å². The molecule has 1 aromatic rings. The van der Waals surface area contributed by atoms with Crippen molar-refractivity contribution >= 4 is 29.7 Å². The van der Waals surface area contributed by atoms with Crippen LogP contribution in [0.1, 0.15) is 77.1 Å². The van der Waals surface area contributed by atoms with Crippen molar-refractivity contribution in [1.82, 2.24) is 36.0 Å². The van der Waals surface area contributed by atoms with E-state index in [2.05, 4.69) is 31.3 Å². The van der Waals surface area contributed by atoms with E-state index in [0.29, 0.717) is 12.8 Å². The third-order valence-corrected chi connectivity index (χ3v) is 9.22. The number of hydrogen-bond acceptors (Lipinski definition) is 16. The molecule has 7 unspecified atom stereocenters. The van der Waals surface area contributed by atoms with E-state index < -0.39 is 115 Å². The Labute approximate surface area is 304 Å². The summed E-state index contributed by atoms with van der Waals surface area (Å²) >= 11 is 0. The number of nitrogens with one attached hydrogen (secondary N) is 4. The van der Waals surface area contributed by atoms with Crippen molar-refractivity contribution in [3.05, 3.63) is 23.8 Å². The van der Waals surface area contributed by atoms with Crippen LogP contribution in [0.2, 0.25) is 0 Å². The molecule has 11 atom stereocenters. The Hall–Kier alpha value is -4.09. The predicted molar refractivity (Wildman–Crippen MR) is 177 cm³/mol. The van der Waals surface area contributed by atoms with E-state index in [1.54, 1.807) is 6.92 Å². The molecular weight excluding hydrogens is 706 g/mol. The third-order valence-electron chi connectivity index (χ3n) is 9.22. The van der Waals surface area contributed by atoms with Crippen molar-refractivity contribution in [1.29, 1.82) is 0 Å². The average molecular weight is 756 g/mol. The first-order valence-corrected chi connectivity index (χ1v) is 17.4. The number of aromatic nitrogens is 3. The van der Waals surface area contributed by atoms with Gasteiger partial charge in [0.2, 0.25) is 23.4 Å². The van der Waals surface area contributed by atoms with Crippen LogP contribution >= 0.6 is 0 Å². The summed E-state index contributed by atoms with van der Waals surface area (Å²) in [5.41, 5.74) is -2.37. The molecule has 0 bridgehead atoms. The highest BCUT2D eigenvalue weighted by molar-refractivity contribution is 5.91. The molecule has 2 aliphatic heterocycles. The minimum atomic E-state index is -2.51. The fourth-order valence-electron chi connectivity index (χ4n) is 6.60. The fraction of sp³-hybridized carbons (Fsp3) is 0.719. The van der Waals surface area contributed by atoms with Crippen molar-refractivity contribution in [2.75, 3.05) is 13.2 Å². The van der Waals surface area contributed by atoms with Crippen molar-refractivity contribution < 1.29 is 68.5 Å². The lowest BCUT2D eigenvalue weighted by molar-refractivity contribution is -0.219. The Morgan fingerprint density at radius 2 is 1.68 bits per heavy atom. The molecule has 2 fully saturated rings. The van der Waals surface area contributed by atoms with Crippen LogP contribution in [-0.2, 0) is 38.1 Å². The number of carbonyl (C=O) groups excluding carboxylic acids is 4. The molecule has 0 aromatic carbocycles. The molecule has 9 N–H and O–H groups in total. The maximum Gasteiger partial charge on any atom is 0.351 e. The monoisotopic (exact) mass is 755 g/mol. The molecular formula is C32H49N7O14. The molecule has 21 heteroatoms. The second-order valence-electron chi connectivity index (χ2n) is 13.1. The van der Waals surface area contributed by atoms with E-state index >= 15 is 0 Å². The second kappa shape index (κ2) is 17.8. The highest BCUT2D eigenvalue weighted by atomic mass is 16.6. The molecule has 4 rings (SSSR count). The van der Waals surface area contributed by atoms with Gasteiger partial charge in [-0.2, -0.15) is 0 Å². The van der Waals surface area contributed by atoms with Crippen molar-refractivity contribution in [2.24, 2.45) is 0 Å². The zero-order chi connectivity index (χ0) is 39.2. The van der Waals surface area contributed by atoms with Crippen molar-refractivity contribution in [3.63, 3.8) is 0 Å². The molecule has 1 aromatic heterocycles. The highest BCUT2D eigenvalue weighted by Crippen LogP contribution is 2.33. The van der Waals surface area contributed by atoms with Gasteiger partial charge in [0, 0.05) is 31.9 Å². The SMILES string of the molecule is CCOC(=O)C1=CC(OC(CC)CC)C(NC(C)=O)C(NC2(C(=O)O)CC(O)C(NC(C)=O)C(NC(=O)c3ncn([C@@H]4O[C@H](CO)[C@H](O)[C@@H]4O)n3)O2)C1. The summed E-state index contributed by atoms with van der Waals surface area (Å²) in [6.07, 6.45) is -7.22. The summed E-state index contributed by atoms with van der Waals surface area (Å²) in [4.78, 5) is 68.2. The van der Waals surface area contributed by atoms with Gasteiger partial charge in [-0.1, -0.05) is 13.8 Å². The molecule has 296 valence electrons. The molecule has 53 heavy (non-hydrogen) atoms. The second-order valence-corrected chi connectivity index (χ2v) is 13.1. The first-order valence-electron chi connectivity index (χ1n) is 17.4. The highest BCUT2D eigenvalue weighted by Gasteiger charge is 2.55. The molecule has 0 radical (unpaired) electrons. The van der Waals surface area contributed by atoms with Crippen LogP contribution in [0, 0.1) is 0 Å². The fourth-order valence-corrected chi connectivity index (χ4v) is 6.60. The predicted octanol–water partition coefficient (Wildman–Crippen LogP) is -3.06. The summed E-state index contributed by atoms with van der Waals surface area (Å²) in [7, 11) is 0. The van der Waals surface area contributed by atoms with Crippen LogP contribution in [0.3, 0.4) is 0 Å². The summed E-state index contributed by atoms with van der Waals surface area (Å²) < 4.78 is 23.9. The largest absolute Gasteiger partial charge is 0.478 e. The zero-order valence-electron chi connectivity index (χ0n) is 30.0. The van der Waals surface area contributed by atoms with E-state index in [-0.39, 0.29) is 24.7 Å². The molecule has 21 nitrogen and oxygen atoms in total.